The van der Waals surface area contributed by atoms with E-state index in [0.29, 0.717) is 12.3 Å². The van der Waals surface area contributed by atoms with Gasteiger partial charge in [0.2, 0.25) is 0 Å². The molecule has 16 heavy (non-hydrogen) atoms. The van der Waals surface area contributed by atoms with Gasteiger partial charge in [0.1, 0.15) is 0 Å². The molecule has 0 aliphatic heterocycles. The fourth-order valence-corrected chi connectivity index (χ4v) is 1.74. The molecule has 1 aromatic carbocycles. The van der Waals surface area contributed by atoms with Crippen LogP contribution in [0, 0.1) is 17.6 Å². The van der Waals surface area contributed by atoms with Crippen LogP contribution in [0.15, 0.2) is 18.2 Å². The maximum atomic E-state index is 12.9. The van der Waals surface area contributed by atoms with Crippen LogP contribution in [0.2, 0.25) is 0 Å². The quantitative estimate of drug-likeness (QED) is 0.820. The minimum atomic E-state index is -0.806. The van der Waals surface area contributed by atoms with Crippen molar-refractivity contribution in [2.45, 2.75) is 39.2 Å². The van der Waals surface area contributed by atoms with Gasteiger partial charge in [-0.05, 0) is 36.5 Å². The van der Waals surface area contributed by atoms with Crippen molar-refractivity contribution in [3.05, 3.63) is 35.4 Å². The lowest BCUT2D eigenvalue weighted by Gasteiger charge is -2.15. The van der Waals surface area contributed by atoms with Crippen molar-refractivity contribution in [2.75, 3.05) is 0 Å². The first-order valence-electron chi connectivity index (χ1n) is 5.72. The fraction of sp³-hybridized carbons (Fsp3) is 0.538. The van der Waals surface area contributed by atoms with Gasteiger partial charge >= 0.3 is 0 Å². The predicted molar refractivity (Wildman–Crippen MR) is 62.1 cm³/mol. The Morgan fingerprint density at radius 1 is 1.25 bits per heavy atom. The molecule has 0 spiro atoms. The van der Waals surface area contributed by atoms with Gasteiger partial charge in [-0.1, -0.05) is 26.3 Å². The van der Waals surface area contributed by atoms with Gasteiger partial charge in [0.25, 0.3) is 0 Å². The molecule has 0 bridgehead atoms. The Hall–Kier alpha value is -0.960. The largest absolute Gasteiger partial charge is 0.327 e. The third kappa shape index (κ3) is 3.89. The van der Waals surface area contributed by atoms with E-state index in [1.54, 1.807) is 6.07 Å². The summed E-state index contributed by atoms with van der Waals surface area (Å²) in [6.07, 6.45) is 2.60. The summed E-state index contributed by atoms with van der Waals surface area (Å²) in [7, 11) is 0. The third-order valence-electron chi connectivity index (χ3n) is 2.88. The average molecular weight is 227 g/mol. The zero-order chi connectivity index (χ0) is 12.1. The Kier molecular flexibility index (Phi) is 4.87. The maximum Gasteiger partial charge on any atom is 0.159 e. The van der Waals surface area contributed by atoms with Crippen LogP contribution >= 0.6 is 0 Å². The van der Waals surface area contributed by atoms with Crippen LogP contribution in [0.25, 0.3) is 0 Å². The van der Waals surface area contributed by atoms with Gasteiger partial charge in [-0.15, -0.1) is 0 Å². The molecule has 0 saturated heterocycles. The summed E-state index contributed by atoms with van der Waals surface area (Å²) in [5.41, 5.74) is 6.71. The van der Waals surface area contributed by atoms with Crippen LogP contribution < -0.4 is 5.73 Å². The Bertz CT molecular complexity index is 339. The van der Waals surface area contributed by atoms with Gasteiger partial charge in [0.05, 0.1) is 0 Å². The lowest BCUT2D eigenvalue weighted by Crippen LogP contribution is -2.25. The van der Waals surface area contributed by atoms with E-state index in [4.69, 9.17) is 5.73 Å². The van der Waals surface area contributed by atoms with Gasteiger partial charge in [0.15, 0.2) is 11.6 Å². The Morgan fingerprint density at radius 2 is 1.94 bits per heavy atom. The molecule has 0 saturated carbocycles. The normalized spacial score (nSPS) is 14.8. The molecule has 1 aromatic rings. The minimum absolute atomic E-state index is 0.0137. The summed E-state index contributed by atoms with van der Waals surface area (Å²) in [5, 5.41) is 0. The average Bonchev–Trinajstić information content (AvgIpc) is 2.23. The van der Waals surface area contributed by atoms with Gasteiger partial charge in [-0.2, -0.15) is 0 Å². The number of hydrogen-bond acceptors (Lipinski definition) is 1. The summed E-state index contributed by atoms with van der Waals surface area (Å²) in [6, 6.07) is 3.99. The number of rotatable bonds is 5. The van der Waals surface area contributed by atoms with Crippen molar-refractivity contribution in [3.63, 3.8) is 0 Å². The Balaban J connectivity index is 2.56. The van der Waals surface area contributed by atoms with Crippen molar-refractivity contribution >= 4 is 0 Å². The summed E-state index contributed by atoms with van der Waals surface area (Å²) in [4.78, 5) is 0. The van der Waals surface area contributed by atoms with E-state index in [2.05, 4.69) is 13.8 Å². The SMILES string of the molecule is CCC(C)CC(N)Cc1ccc(F)c(F)c1. The molecule has 1 nitrogen and oxygen atoms in total. The second kappa shape index (κ2) is 5.94. The highest BCUT2D eigenvalue weighted by molar-refractivity contribution is 5.18. The van der Waals surface area contributed by atoms with Crippen LogP contribution in [0.5, 0.6) is 0 Å². The van der Waals surface area contributed by atoms with E-state index in [1.165, 1.54) is 6.07 Å². The van der Waals surface area contributed by atoms with Crippen molar-refractivity contribution in [1.82, 2.24) is 0 Å². The van der Waals surface area contributed by atoms with Crippen molar-refractivity contribution < 1.29 is 8.78 Å². The summed E-state index contributed by atoms with van der Waals surface area (Å²) in [6.45, 7) is 4.26. The van der Waals surface area contributed by atoms with Crippen LogP contribution in [0.1, 0.15) is 32.3 Å². The lowest BCUT2D eigenvalue weighted by atomic mass is 9.95. The molecule has 1 rings (SSSR count). The molecule has 90 valence electrons. The highest BCUT2D eigenvalue weighted by Crippen LogP contribution is 2.14. The lowest BCUT2D eigenvalue weighted by molar-refractivity contribution is 0.448. The van der Waals surface area contributed by atoms with Crippen molar-refractivity contribution in [3.8, 4) is 0 Å². The van der Waals surface area contributed by atoms with Crippen molar-refractivity contribution in [2.24, 2.45) is 11.7 Å². The first-order valence-corrected chi connectivity index (χ1v) is 5.72. The number of hydrogen-bond donors (Lipinski definition) is 1. The van der Waals surface area contributed by atoms with Crippen molar-refractivity contribution in [1.29, 1.82) is 0 Å². The maximum absolute atomic E-state index is 12.9. The first kappa shape index (κ1) is 13.1. The molecule has 0 aliphatic rings. The molecule has 0 radical (unpaired) electrons. The van der Waals surface area contributed by atoms with E-state index >= 15 is 0 Å². The fourth-order valence-electron chi connectivity index (χ4n) is 1.74. The monoisotopic (exact) mass is 227 g/mol. The number of nitrogens with two attached hydrogens (primary N) is 1. The van der Waals surface area contributed by atoms with Crippen LogP contribution in [0.4, 0.5) is 8.78 Å². The summed E-state index contributed by atoms with van der Waals surface area (Å²) in [5.74, 6) is -1.03. The molecular weight excluding hydrogens is 208 g/mol. The topological polar surface area (TPSA) is 26.0 Å². The van der Waals surface area contributed by atoms with E-state index in [9.17, 15) is 8.78 Å². The molecule has 2 N–H and O–H groups in total. The van der Waals surface area contributed by atoms with Gasteiger partial charge < -0.3 is 5.73 Å². The van der Waals surface area contributed by atoms with Gasteiger partial charge in [0, 0.05) is 6.04 Å². The van der Waals surface area contributed by atoms with Crippen LogP contribution in [0.3, 0.4) is 0 Å². The van der Waals surface area contributed by atoms with Gasteiger partial charge in [-0.25, -0.2) is 8.78 Å². The molecule has 0 amide bonds. The molecule has 0 aliphatic carbocycles. The Morgan fingerprint density at radius 3 is 2.50 bits per heavy atom. The molecule has 0 aromatic heterocycles. The highest BCUT2D eigenvalue weighted by atomic mass is 19.2. The van der Waals surface area contributed by atoms with Gasteiger partial charge in [-0.3, -0.25) is 0 Å². The standard InChI is InChI=1S/C13H19F2N/c1-3-9(2)6-11(16)7-10-4-5-12(14)13(15)8-10/h4-5,8-9,11H,3,6-7,16H2,1-2H3. The van der Waals surface area contributed by atoms with Crippen LogP contribution in [-0.2, 0) is 6.42 Å². The second-order valence-electron chi connectivity index (χ2n) is 4.46. The molecule has 3 heteroatoms. The van der Waals surface area contributed by atoms with E-state index in [1.807, 2.05) is 0 Å². The second-order valence-corrected chi connectivity index (χ2v) is 4.46. The molecular formula is C13H19F2N. The van der Waals surface area contributed by atoms with E-state index < -0.39 is 11.6 Å². The molecule has 2 atom stereocenters. The smallest absolute Gasteiger partial charge is 0.159 e. The third-order valence-corrected chi connectivity index (χ3v) is 2.88. The van der Waals surface area contributed by atoms with Crippen LogP contribution in [-0.4, -0.2) is 6.04 Å². The number of benzene rings is 1. The first-order chi connectivity index (χ1) is 7.52. The van der Waals surface area contributed by atoms with E-state index in [-0.39, 0.29) is 6.04 Å². The highest BCUT2D eigenvalue weighted by Gasteiger charge is 2.10. The predicted octanol–water partition coefficient (Wildman–Crippen LogP) is 3.27. The zero-order valence-electron chi connectivity index (χ0n) is 9.84. The summed E-state index contributed by atoms with van der Waals surface area (Å²) < 4.78 is 25.6. The molecule has 0 fully saturated rings. The minimum Gasteiger partial charge on any atom is -0.327 e. The van der Waals surface area contributed by atoms with E-state index in [0.717, 1.165) is 24.5 Å². The summed E-state index contributed by atoms with van der Waals surface area (Å²) >= 11 is 0. The molecule has 2 unspecified atom stereocenters. The molecule has 0 heterocycles. The number of halogens is 2. The Labute approximate surface area is 95.7 Å². The zero-order valence-corrected chi connectivity index (χ0v) is 9.84.